The number of nitrogens with zero attached hydrogens (tertiary/aromatic N) is 2. The van der Waals surface area contributed by atoms with Gasteiger partial charge in [-0.25, -0.2) is 4.98 Å². The SMILES string of the molecule is COc1ccc(-c2cn3ccc(C)cc3n2)cc1NC(=O)/C=C/c1ccccc1. The van der Waals surface area contributed by atoms with Gasteiger partial charge >= 0.3 is 0 Å². The number of benzene rings is 2. The molecule has 5 heteroatoms. The fourth-order valence-corrected chi connectivity index (χ4v) is 3.10. The normalized spacial score (nSPS) is 11.1. The Morgan fingerprint density at radius 3 is 2.72 bits per heavy atom. The van der Waals surface area contributed by atoms with Crippen molar-refractivity contribution >= 4 is 23.3 Å². The molecule has 1 amide bonds. The number of carbonyl (C=O) groups excluding carboxylic acids is 1. The van der Waals surface area contributed by atoms with E-state index in [2.05, 4.69) is 5.32 Å². The molecule has 0 atom stereocenters. The number of fused-ring (bicyclic) bond motifs is 1. The van der Waals surface area contributed by atoms with Gasteiger partial charge in [0.15, 0.2) is 0 Å². The van der Waals surface area contributed by atoms with Gasteiger partial charge in [0.05, 0.1) is 18.5 Å². The molecule has 0 saturated heterocycles. The summed E-state index contributed by atoms with van der Waals surface area (Å²) >= 11 is 0. The molecule has 0 radical (unpaired) electrons. The van der Waals surface area contributed by atoms with Gasteiger partial charge in [0.1, 0.15) is 11.4 Å². The molecule has 29 heavy (non-hydrogen) atoms. The Morgan fingerprint density at radius 2 is 1.93 bits per heavy atom. The van der Waals surface area contributed by atoms with Crippen molar-refractivity contribution in [1.82, 2.24) is 9.38 Å². The Bertz CT molecular complexity index is 1190. The van der Waals surface area contributed by atoms with Crippen molar-refractivity contribution in [2.45, 2.75) is 6.92 Å². The lowest BCUT2D eigenvalue weighted by Gasteiger charge is -2.10. The molecule has 5 nitrogen and oxygen atoms in total. The lowest BCUT2D eigenvalue weighted by molar-refractivity contribution is -0.111. The van der Waals surface area contributed by atoms with Crippen LogP contribution in [0.25, 0.3) is 23.0 Å². The summed E-state index contributed by atoms with van der Waals surface area (Å²) < 4.78 is 7.39. The molecule has 4 aromatic rings. The zero-order valence-corrected chi connectivity index (χ0v) is 16.3. The predicted molar refractivity (Wildman–Crippen MR) is 116 cm³/mol. The highest BCUT2D eigenvalue weighted by molar-refractivity contribution is 6.03. The number of nitrogens with one attached hydrogen (secondary N) is 1. The number of anilines is 1. The van der Waals surface area contributed by atoms with Crippen LogP contribution in [-0.4, -0.2) is 22.4 Å². The third kappa shape index (κ3) is 4.19. The Balaban J connectivity index is 1.60. The monoisotopic (exact) mass is 383 g/mol. The van der Waals surface area contributed by atoms with Gasteiger partial charge in [-0.05, 0) is 54.5 Å². The minimum Gasteiger partial charge on any atom is -0.495 e. The second-order valence-corrected chi connectivity index (χ2v) is 6.74. The molecule has 2 heterocycles. The number of amides is 1. The Labute approximate surface area is 169 Å². The Kier molecular flexibility index (Phi) is 5.12. The van der Waals surface area contributed by atoms with E-state index in [-0.39, 0.29) is 5.91 Å². The zero-order valence-electron chi connectivity index (χ0n) is 16.3. The average Bonchev–Trinajstić information content (AvgIpc) is 3.16. The molecular weight excluding hydrogens is 362 g/mol. The van der Waals surface area contributed by atoms with Gasteiger partial charge in [-0.1, -0.05) is 30.3 Å². The number of pyridine rings is 1. The van der Waals surface area contributed by atoms with E-state index in [0.717, 1.165) is 28.0 Å². The number of rotatable bonds is 5. The molecule has 4 rings (SSSR count). The van der Waals surface area contributed by atoms with Crippen LogP contribution in [0, 0.1) is 6.92 Å². The molecule has 2 aromatic carbocycles. The van der Waals surface area contributed by atoms with Crippen molar-refractivity contribution in [3.63, 3.8) is 0 Å². The number of aryl methyl sites for hydroxylation is 1. The third-order valence-electron chi connectivity index (χ3n) is 4.60. The number of carbonyl (C=O) groups is 1. The number of ether oxygens (including phenoxy) is 1. The molecule has 144 valence electrons. The van der Waals surface area contributed by atoms with Gasteiger partial charge in [-0.2, -0.15) is 0 Å². The first-order valence-electron chi connectivity index (χ1n) is 9.30. The second kappa shape index (κ2) is 8.02. The van der Waals surface area contributed by atoms with Gasteiger partial charge in [0.25, 0.3) is 0 Å². The first kappa shape index (κ1) is 18.5. The highest BCUT2D eigenvalue weighted by Gasteiger charge is 2.11. The van der Waals surface area contributed by atoms with Crippen LogP contribution >= 0.6 is 0 Å². The molecule has 2 aromatic heterocycles. The van der Waals surface area contributed by atoms with Gasteiger partial charge < -0.3 is 14.5 Å². The van der Waals surface area contributed by atoms with Crippen molar-refractivity contribution < 1.29 is 9.53 Å². The van der Waals surface area contributed by atoms with Gasteiger partial charge in [0.2, 0.25) is 5.91 Å². The molecule has 0 aliphatic rings. The number of hydrogen-bond acceptors (Lipinski definition) is 3. The highest BCUT2D eigenvalue weighted by Crippen LogP contribution is 2.30. The minimum absolute atomic E-state index is 0.227. The van der Waals surface area contributed by atoms with E-state index >= 15 is 0 Å². The van der Waals surface area contributed by atoms with Crippen molar-refractivity contribution in [2.24, 2.45) is 0 Å². The summed E-state index contributed by atoms with van der Waals surface area (Å²) in [5.74, 6) is 0.366. The van der Waals surface area contributed by atoms with E-state index < -0.39 is 0 Å². The van der Waals surface area contributed by atoms with E-state index in [4.69, 9.17) is 9.72 Å². The topological polar surface area (TPSA) is 55.6 Å². The number of hydrogen-bond donors (Lipinski definition) is 1. The van der Waals surface area contributed by atoms with Crippen molar-refractivity contribution in [1.29, 1.82) is 0 Å². The van der Waals surface area contributed by atoms with Crippen LogP contribution in [0.5, 0.6) is 5.75 Å². The molecule has 0 aliphatic carbocycles. The smallest absolute Gasteiger partial charge is 0.248 e. The number of imidazole rings is 1. The summed E-state index contributed by atoms with van der Waals surface area (Å²) in [5.41, 5.74) is 5.32. The average molecular weight is 383 g/mol. The molecule has 0 saturated carbocycles. The van der Waals surface area contributed by atoms with E-state index in [1.54, 1.807) is 13.2 Å². The molecule has 0 bridgehead atoms. The lowest BCUT2D eigenvalue weighted by atomic mass is 10.1. The molecule has 0 fully saturated rings. The maximum Gasteiger partial charge on any atom is 0.248 e. The van der Waals surface area contributed by atoms with Gasteiger partial charge in [0, 0.05) is 24.0 Å². The van der Waals surface area contributed by atoms with Crippen LogP contribution in [-0.2, 0) is 4.79 Å². The molecule has 0 aliphatic heterocycles. The minimum atomic E-state index is -0.227. The molecule has 0 unspecified atom stereocenters. The van der Waals surface area contributed by atoms with Gasteiger partial charge in [-0.3, -0.25) is 4.79 Å². The van der Waals surface area contributed by atoms with Gasteiger partial charge in [-0.15, -0.1) is 0 Å². The quantitative estimate of drug-likeness (QED) is 0.495. The summed E-state index contributed by atoms with van der Waals surface area (Å²) in [6.45, 7) is 2.04. The van der Waals surface area contributed by atoms with Crippen molar-refractivity contribution in [2.75, 3.05) is 12.4 Å². The van der Waals surface area contributed by atoms with E-state index in [1.165, 1.54) is 6.08 Å². The Hall–Kier alpha value is -3.86. The molecular formula is C24H21N3O2. The first-order chi connectivity index (χ1) is 14.1. The van der Waals surface area contributed by atoms with Crippen LogP contribution < -0.4 is 10.1 Å². The fourth-order valence-electron chi connectivity index (χ4n) is 3.10. The summed E-state index contributed by atoms with van der Waals surface area (Å²) in [5, 5.41) is 2.90. The zero-order chi connectivity index (χ0) is 20.2. The summed E-state index contributed by atoms with van der Waals surface area (Å²) in [6.07, 6.45) is 7.24. The Morgan fingerprint density at radius 1 is 1.10 bits per heavy atom. The summed E-state index contributed by atoms with van der Waals surface area (Å²) in [4.78, 5) is 17.1. The van der Waals surface area contributed by atoms with Crippen molar-refractivity contribution in [3.8, 4) is 17.0 Å². The van der Waals surface area contributed by atoms with Crippen LogP contribution in [0.4, 0.5) is 5.69 Å². The van der Waals surface area contributed by atoms with Crippen molar-refractivity contribution in [3.05, 3.63) is 90.3 Å². The first-order valence-corrected chi connectivity index (χ1v) is 9.30. The molecule has 0 spiro atoms. The van der Waals surface area contributed by atoms with E-state index in [9.17, 15) is 4.79 Å². The van der Waals surface area contributed by atoms with E-state index in [0.29, 0.717) is 11.4 Å². The lowest BCUT2D eigenvalue weighted by Crippen LogP contribution is -2.09. The van der Waals surface area contributed by atoms with Crippen LogP contribution in [0.2, 0.25) is 0 Å². The fraction of sp³-hybridized carbons (Fsp3) is 0.0833. The maximum absolute atomic E-state index is 12.4. The van der Waals surface area contributed by atoms with Crippen LogP contribution in [0.3, 0.4) is 0 Å². The standard InChI is InChI=1S/C24H21N3O2/c1-17-12-13-27-16-21(25-23(27)14-17)19-9-10-22(29-2)20(15-19)26-24(28)11-8-18-6-4-3-5-7-18/h3-16H,1-2H3,(H,26,28)/b11-8+. The maximum atomic E-state index is 12.4. The third-order valence-corrected chi connectivity index (χ3v) is 4.60. The summed E-state index contributed by atoms with van der Waals surface area (Å²) in [7, 11) is 1.58. The molecule has 1 N–H and O–H groups in total. The largest absolute Gasteiger partial charge is 0.495 e. The van der Waals surface area contributed by atoms with Crippen LogP contribution in [0.15, 0.2) is 79.1 Å². The van der Waals surface area contributed by atoms with E-state index in [1.807, 2.05) is 84.4 Å². The highest BCUT2D eigenvalue weighted by atomic mass is 16.5. The summed E-state index contributed by atoms with van der Waals surface area (Å²) in [6, 6.07) is 19.4. The number of methoxy groups -OCH3 is 1. The second-order valence-electron chi connectivity index (χ2n) is 6.74. The van der Waals surface area contributed by atoms with Crippen LogP contribution in [0.1, 0.15) is 11.1 Å². The number of aromatic nitrogens is 2. The predicted octanol–water partition coefficient (Wildman–Crippen LogP) is 4.97.